The minimum absolute atomic E-state index is 0.218. The van der Waals surface area contributed by atoms with Gasteiger partial charge in [-0.15, -0.1) is 0 Å². The lowest BCUT2D eigenvalue weighted by molar-refractivity contribution is 0.0489. The summed E-state index contributed by atoms with van der Waals surface area (Å²) < 4.78 is 5.90. The van der Waals surface area contributed by atoms with Crippen LogP contribution in [0.15, 0.2) is 60.7 Å². The lowest BCUT2D eigenvalue weighted by Gasteiger charge is -2.33. The SMILES string of the molecule is CN1CCN(C(=O)OC2c3ccccc3C(=O)N2c2ccc3ccccc3n2)CC1. The molecule has 1 fully saturated rings. The van der Waals surface area contributed by atoms with Crippen LogP contribution in [0.25, 0.3) is 10.9 Å². The zero-order valence-corrected chi connectivity index (χ0v) is 16.7. The van der Waals surface area contributed by atoms with E-state index in [4.69, 9.17) is 4.74 Å². The molecule has 1 aromatic heterocycles. The van der Waals surface area contributed by atoms with Gasteiger partial charge >= 0.3 is 6.09 Å². The molecular formula is C23H22N4O3. The molecule has 2 aliphatic heterocycles. The summed E-state index contributed by atoms with van der Waals surface area (Å²) >= 11 is 0. The number of amides is 2. The van der Waals surface area contributed by atoms with Gasteiger partial charge in [-0.05, 0) is 31.3 Å². The first-order valence-corrected chi connectivity index (χ1v) is 10.0. The number of fused-ring (bicyclic) bond motifs is 2. The number of pyridine rings is 1. The maximum Gasteiger partial charge on any atom is 0.412 e. The maximum absolute atomic E-state index is 13.2. The predicted octanol–water partition coefficient (Wildman–Crippen LogP) is 3.28. The lowest BCUT2D eigenvalue weighted by atomic mass is 10.1. The van der Waals surface area contributed by atoms with Gasteiger partial charge in [-0.2, -0.15) is 0 Å². The van der Waals surface area contributed by atoms with Crippen molar-refractivity contribution >= 4 is 28.7 Å². The van der Waals surface area contributed by atoms with E-state index in [1.54, 1.807) is 17.0 Å². The van der Waals surface area contributed by atoms with Gasteiger partial charge in [-0.25, -0.2) is 9.78 Å². The third-order valence-electron chi connectivity index (χ3n) is 5.72. The van der Waals surface area contributed by atoms with Crippen LogP contribution in [0.1, 0.15) is 22.1 Å². The van der Waals surface area contributed by atoms with Crippen molar-refractivity contribution in [3.63, 3.8) is 0 Å². The number of likely N-dealkylation sites (N-methyl/N-ethyl adjacent to an activating group) is 1. The van der Waals surface area contributed by atoms with E-state index in [2.05, 4.69) is 9.88 Å². The van der Waals surface area contributed by atoms with E-state index < -0.39 is 12.3 Å². The molecular weight excluding hydrogens is 380 g/mol. The minimum Gasteiger partial charge on any atom is -0.420 e. The first kappa shape index (κ1) is 18.6. The fraction of sp³-hybridized carbons (Fsp3) is 0.261. The van der Waals surface area contributed by atoms with E-state index in [1.165, 1.54) is 4.90 Å². The molecule has 1 unspecified atom stereocenters. The van der Waals surface area contributed by atoms with Crippen molar-refractivity contribution in [3.05, 3.63) is 71.8 Å². The van der Waals surface area contributed by atoms with Crippen LogP contribution in [-0.4, -0.2) is 60.0 Å². The Kier molecular flexibility index (Phi) is 4.59. The first-order chi connectivity index (χ1) is 14.6. The number of para-hydroxylation sites is 1. The Balaban J connectivity index is 1.50. The summed E-state index contributed by atoms with van der Waals surface area (Å²) in [4.78, 5) is 36.1. The molecule has 152 valence electrons. The van der Waals surface area contributed by atoms with Gasteiger partial charge in [0.05, 0.1) is 5.52 Å². The normalized spacial score (nSPS) is 19.2. The standard InChI is InChI=1S/C23H22N4O3/c1-25-12-14-26(15-13-25)23(29)30-22-18-8-4-3-7-17(18)21(28)27(22)20-11-10-16-6-2-5-9-19(16)24-20/h2-11,22H,12-15H2,1H3. The van der Waals surface area contributed by atoms with E-state index >= 15 is 0 Å². The van der Waals surface area contributed by atoms with Crippen molar-refractivity contribution in [2.45, 2.75) is 6.23 Å². The van der Waals surface area contributed by atoms with Crippen LogP contribution in [0, 0.1) is 0 Å². The van der Waals surface area contributed by atoms with Crippen molar-refractivity contribution in [1.29, 1.82) is 0 Å². The molecule has 1 atom stereocenters. The lowest BCUT2D eigenvalue weighted by Crippen LogP contribution is -2.48. The van der Waals surface area contributed by atoms with Crippen LogP contribution in [0.2, 0.25) is 0 Å². The number of piperazine rings is 1. The number of carbonyl (C=O) groups excluding carboxylic acids is 2. The monoisotopic (exact) mass is 402 g/mol. The second kappa shape index (κ2) is 7.42. The highest BCUT2D eigenvalue weighted by Crippen LogP contribution is 2.38. The molecule has 2 aliphatic rings. The van der Waals surface area contributed by atoms with E-state index in [0.717, 1.165) is 24.0 Å². The Labute approximate surface area is 174 Å². The molecule has 3 aromatic rings. The number of benzene rings is 2. The van der Waals surface area contributed by atoms with Crippen molar-refractivity contribution in [2.24, 2.45) is 0 Å². The van der Waals surface area contributed by atoms with Crippen molar-refractivity contribution < 1.29 is 14.3 Å². The van der Waals surface area contributed by atoms with Gasteiger partial charge in [0, 0.05) is 42.7 Å². The van der Waals surface area contributed by atoms with Gasteiger partial charge in [0.2, 0.25) is 6.23 Å². The third kappa shape index (κ3) is 3.17. The molecule has 3 heterocycles. The molecule has 0 bridgehead atoms. The number of anilines is 1. The quantitative estimate of drug-likeness (QED) is 0.658. The number of rotatable bonds is 2. The predicted molar refractivity (Wildman–Crippen MR) is 113 cm³/mol. The highest BCUT2D eigenvalue weighted by Gasteiger charge is 2.41. The summed E-state index contributed by atoms with van der Waals surface area (Å²) in [5, 5.41) is 0.983. The van der Waals surface area contributed by atoms with Gasteiger partial charge in [0.25, 0.3) is 5.91 Å². The van der Waals surface area contributed by atoms with Gasteiger partial charge in [0.1, 0.15) is 5.82 Å². The van der Waals surface area contributed by atoms with E-state index in [1.807, 2.05) is 55.6 Å². The highest BCUT2D eigenvalue weighted by atomic mass is 16.6. The molecule has 7 nitrogen and oxygen atoms in total. The van der Waals surface area contributed by atoms with E-state index in [0.29, 0.717) is 30.0 Å². The first-order valence-electron chi connectivity index (χ1n) is 10.0. The molecule has 30 heavy (non-hydrogen) atoms. The number of nitrogens with zero attached hydrogens (tertiary/aromatic N) is 4. The molecule has 0 spiro atoms. The fourth-order valence-electron chi connectivity index (χ4n) is 3.97. The second-order valence-corrected chi connectivity index (χ2v) is 7.65. The Morgan fingerprint density at radius 1 is 0.967 bits per heavy atom. The summed E-state index contributed by atoms with van der Waals surface area (Å²) in [5.41, 5.74) is 1.99. The average Bonchev–Trinajstić information content (AvgIpc) is 3.05. The van der Waals surface area contributed by atoms with Crippen LogP contribution < -0.4 is 4.90 Å². The van der Waals surface area contributed by atoms with Crippen molar-refractivity contribution in [3.8, 4) is 0 Å². The van der Waals surface area contributed by atoms with Gasteiger partial charge in [0.15, 0.2) is 0 Å². The van der Waals surface area contributed by atoms with Crippen LogP contribution in [0.3, 0.4) is 0 Å². The largest absolute Gasteiger partial charge is 0.420 e. The Bertz CT molecular complexity index is 1120. The molecule has 2 aromatic carbocycles. The van der Waals surface area contributed by atoms with E-state index in [9.17, 15) is 9.59 Å². The number of aromatic nitrogens is 1. The van der Waals surface area contributed by atoms with Gasteiger partial charge < -0.3 is 14.5 Å². The highest BCUT2D eigenvalue weighted by molar-refractivity contribution is 6.10. The topological polar surface area (TPSA) is 66.0 Å². The average molecular weight is 402 g/mol. The summed E-state index contributed by atoms with van der Waals surface area (Å²) in [6.45, 7) is 2.80. The Morgan fingerprint density at radius 3 is 2.53 bits per heavy atom. The summed E-state index contributed by atoms with van der Waals surface area (Å²) in [5.74, 6) is 0.246. The summed E-state index contributed by atoms with van der Waals surface area (Å²) in [6.07, 6.45) is -1.25. The van der Waals surface area contributed by atoms with Crippen LogP contribution >= 0.6 is 0 Å². The van der Waals surface area contributed by atoms with Crippen molar-refractivity contribution in [2.75, 3.05) is 38.1 Å². The molecule has 7 heteroatoms. The Hall–Kier alpha value is -3.45. The third-order valence-corrected chi connectivity index (χ3v) is 5.72. The zero-order valence-electron chi connectivity index (χ0n) is 16.7. The molecule has 0 N–H and O–H groups in total. The summed E-state index contributed by atoms with van der Waals surface area (Å²) in [6, 6.07) is 18.7. The van der Waals surface area contributed by atoms with Gasteiger partial charge in [-0.1, -0.05) is 36.4 Å². The minimum atomic E-state index is -0.838. The smallest absolute Gasteiger partial charge is 0.412 e. The molecule has 0 radical (unpaired) electrons. The molecule has 2 amide bonds. The van der Waals surface area contributed by atoms with E-state index in [-0.39, 0.29) is 5.91 Å². The van der Waals surface area contributed by atoms with Crippen molar-refractivity contribution in [1.82, 2.24) is 14.8 Å². The molecule has 5 rings (SSSR count). The van der Waals surface area contributed by atoms with Crippen LogP contribution in [-0.2, 0) is 4.74 Å². The Morgan fingerprint density at radius 2 is 1.70 bits per heavy atom. The second-order valence-electron chi connectivity index (χ2n) is 7.65. The number of hydrogen-bond acceptors (Lipinski definition) is 5. The van der Waals surface area contributed by atoms with Gasteiger partial charge in [-0.3, -0.25) is 9.69 Å². The maximum atomic E-state index is 13.2. The fourth-order valence-corrected chi connectivity index (χ4v) is 3.97. The number of carbonyl (C=O) groups is 2. The van der Waals surface area contributed by atoms with Crippen LogP contribution in [0.5, 0.6) is 0 Å². The molecule has 0 aliphatic carbocycles. The molecule has 1 saturated heterocycles. The number of ether oxygens (including phenoxy) is 1. The molecule has 0 saturated carbocycles. The van der Waals surface area contributed by atoms with Crippen LogP contribution in [0.4, 0.5) is 10.6 Å². The number of hydrogen-bond donors (Lipinski definition) is 0. The summed E-state index contributed by atoms with van der Waals surface area (Å²) in [7, 11) is 2.03. The zero-order chi connectivity index (χ0) is 20.7.